The molecule has 116 valence electrons. The van der Waals surface area contributed by atoms with Gasteiger partial charge in [0.1, 0.15) is 0 Å². The summed E-state index contributed by atoms with van der Waals surface area (Å²) in [5.41, 5.74) is 2.45. The van der Waals surface area contributed by atoms with Crippen molar-refractivity contribution in [2.75, 3.05) is 15.8 Å². The molecule has 0 spiro atoms. The molecule has 0 atom stereocenters. The number of rotatable bonds is 5. The zero-order valence-corrected chi connectivity index (χ0v) is 13.3. The summed E-state index contributed by atoms with van der Waals surface area (Å²) in [6, 6.07) is 13.9. The van der Waals surface area contributed by atoms with Gasteiger partial charge in [-0.25, -0.2) is 8.42 Å². The molecule has 0 saturated carbocycles. The van der Waals surface area contributed by atoms with Gasteiger partial charge in [-0.1, -0.05) is 24.3 Å². The van der Waals surface area contributed by atoms with Gasteiger partial charge in [-0.15, -0.1) is 0 Å². The molecule has 22 heavy (non-hydrogen) atoms. The van der Waals surface area contributed by atoms with Crippen LogP contribution in [0.4, 0.5) is 11.4 Å². The van der Waals surface area contributed by atoms with Crippen LogP contribution in [0.25, 0.3) is 0 Å². The van der Waals surface area contributed by atoms with Gasteiger partial charge in [0.05, 0.1) is 5.75 Å². The fourth-order valence-electron chi connectivity index (χ4n) is 1.88. The monoisotopic (exact) mass is 318 g/mol. The molecule has 0 aliphatic rings. The minimum Gasteiger partial charge on any atom is -0.322 e. The molecule has 6 heteroatoms. The molecule has 0 aliphatic heterocycles. The number of sulfonamides is 1. The van der Waals surface area contributed by atoms with Crippen LogP contribution in [0.3, 0.4) is 0 Å². The zero-order chi connectivity index (χ0) is 16.2. The van der Waals surface area contributed by atoms with Crippen LogP contribution in [-0.2, 0) is 10.0 Å². The Morgan fingerprint density at radius 1 is 1.09 bits per heavy atom. The van der Waals surface area contributed by atoms with E-state index in [1.54, 1.807) is 25.1 Å². The highest BCUT2D eigenvalue weighted by molar-refractivity contribution is 7.92. The van der Waals surface area contributed by atoms with E-state index in [0.717, 1.165) is 11.3 Å². The molecule has 0 aliphatic carbocycles. The number of nitrogens with one attached hydrogen (secondary N) is 2. The van der Waals surface area contributed by atoms with Crippen molar-refractivity contribution in [2.45, 2.75) is 13.8 Å². The van der Waals surface area contributed by atoms with Crippen LogP contribution >= 0.6 is 0 Å². The first-order valence-electron chi connectivity index (χ1n) is 6.89. The van der Waals surface area contributed by atoms with Gasteiger partial charge < -0.3 is 5.32 Å². The first kappa shape index (κ1) is 16.0. The Bertz CT molecular complexity index is 785. The number of carbonyl (C=O) groups is 1. The Balaban J connectivity index is 2.19. The number of anilines is 2. The van der Waals surface area contributed by atoms with Crippen molar-refractivity contribution in [1.29, 1.82) is 0 Å². The highest BCUT2D eigenvalue weighted by Crippen LogP contribution is 2.17. The van der Waals surface area contributed by atoms with Crippen LogP contribution in [0.2, 0.25) is 0 Å². The number of carbonyl (C=O) groups excluding carboxylic acids is 1. The Kier molecular flexibility index (Phi) is 4.82. The molecule has 5 nitrogen and oxygen atoms in total. The number of amides is 1. The van der Waals surface area contributed by atoms with E-state index < -0.39 is 10.0 Å². The van der Waals surface area contributed by atoms with E-state index in [0.29, 0.717) is 11.3 Å². The summed E-state index contributed by atoms with van der Waals surface area (Å²) in [4.78, 5) is 12.3. The van der Waals surface area contributed by atoms with Gasteiger partial charge >= 0.3 is 0 Å². The predicted molar refractivity (Wildman–Crippen MR) is 88.7 cm³/mol. The Hall–Kier alpha value is -2.34. The van der Waals surface area contributed by atoms with Crippen molar-refractivity contribution < 1.29 is 13.2 Å². The third-order valence-corrected chi connectivity index (χ3v) is 4.48. The van der Waals surface area contributed by atoms with Gasteiger partial charge in [0, 0.05) is 16.9 Å². The van der Waals surface area contributed by atoms with Gasteiger partial charge in [-0.3, -0.25) is 9.52 Å². The van der Waals surface area contributed by atoms with Crippen molar-refractivity contribution in [3.8, 4) is 0 Å². The summed E-state index contributed by atoms with van der Waals surface area (Å²) in [6.45, 7) is 3.46. The molecular formula is C16H18N2O3S. The molecule has 0 bridgehead atoms. The summed E-state index contributed by atoms with van der Waals surface area (Å²) in [5, 5.41) is 2.81. The van der Waals surface area contributed by atoms with Crippen LogP contribution < -0.4 is 10.0 Å². The summed E-state index contributed by atoms with van der Waals surface area (Å²) in [5.74, 6) is -0.307. The van der Waals surface area contributed by atoms with E-state index in [1.807, 2.05) is 31.2 Å². The van der Waals surface area contributed by atoms with Crippen molar-refractivity contribution in [2.24, 2.45) is 0 Å². The fourth-order valence-corrected chi connectivity index (χ4v) is 2.51. The van der Waals surface area contributed by atoms with E-state index in [4.69, 9.17) is 0 Å². The lowest BCUT2D eigenvalue weighted by Crippen LogP contribution is -2.16. The molecule has 2 aromatic carbocycles. The molecule has 0 saturated heterocycles. The third-order valence-electron chi connectivity index (χ3n) is 3.17. The van der Waals surface area contributed by atoms with E-state index in [9.17, 15) is 13.2 Å². The van der Waals surface area contributed by atoms with Crippen LogP contribution in [0.1, 0.15) is 22.8 Å². The first-order valence-corrected chi connectivity index (χ1v) is 8.54. The molecule has 2 N–H and O–H groups in total. The van der Waals surface area contributed by atoms with Gasteiger partial charge in [-0.2, -0.15) is 0 Å². The average molecular weight is 318 g/mol. The minimum atomic E-state index is -3.36. The first-order chi connectivity index (χ1) is 10.4. The molecule has 0 fully saturated rings. The molecule has 1 amide bonds. The fraction of sp³-hybridized carbons (Fsp3) is 0.188. The quantitative estimate of drug-likeness (QED) is 0.890. The Labute approximate surface area is 130 Å². The summed E-state index contributed by atoms with van der Waals surface area (Å²) < 4.78 is 25.6. The van der Waals surface area contributed by atoms with Gasteiger partial charge in [0.15, 0.2) is 0 Å². The lowest BCUT2D eigenvalue weighted by atomic mass is 10.1. The maximum atomic E-state index is 12.3. The highest BCUT2D eigenvalue weighted by atomic mass is 32.2. The summed E-state index contributed by atoms with van der Waals surface area (Å²) >= 11 is 0. The van der Waals surface area contributed by atoms with E-state index in [1.165, 1.54) is 6.07 Å². The van der Waals surface area contributed by atoms with Crippen molar-refractivity contribution in [1.82, 2.24) is 0 Å². The molecule has 2 rings (SSSR count). The molecule has 0 radical (unpaired) electrons. The number of para-hydroxylation sites is 1. The van der Waals surface area contributed by atoms with Gasteiger partial charge in [0.25, 0.3) is 5.91 Å². The number of benzene rings is 2. The van der Waals surface area contributed by atoms with Crippen molar-refractivity contribution in [3.63, 3.8) is 0 Å². The van der Waals surface area contributed by atoms with Gasteiger partial charge in [0.2, 0.25) is 10.0 Å². The van der Waals surface area contributed by atoms with Crippen molar-refractivity contribution in [3.05, 3.63) is 59.7 Å². The van der Waals surface area contributed by atoms with Gasteiger partial charge in [-0.05, 0) is 43.7 Å². The number of aryl methyl sites for hydroxylation is 1. The summed E-state index contributed by atoms with van der Waals surface area (Å²) in [6.07, 6.45) is 0. The topological polar surface area (TPSA) is 75.3 Å². The second kappa shape index (κ2) is 6.62. The highest BCUT2D eigenvalue weighted by Gasteiger charge is 2.11. The van der Waals surface area contributed by atoms with Crippen LogP contribution in [0.5, 0.6) is 0 Å². The maximum absolute atomic E-state index is 12.3. The van der Waals surface area contributed by atoms with E-state index in [-0.39, 0.29) is 11.7 Å². The lowest BCUT2D eigenvalue weighted by Gasteiger charge is -2.10. The molecular weight excluding hydrogens is 300 g/mol. The third kappa shape index (κ3) is 4.08. The smallest absolute Gasteiger partial charge is 0.255 e. The van der Waals surface area contributed by atoms with Crippen LogP contribution in [0.15, 0.2) is 48.5 Å². The number of hydrogen-bond donors (Lipinski definition) is 2. The molecule has 0 heterocycles. The predicted octanol–water partition coefficient (Wildman–Crippen LogP) is 3.01. The van der Waals surface area contributed by atoms with Crippen molar-refractivity contribution >= 4 is 27.3 Å². The minimum absolute atomic E-state index is 0.0212. The average Bonchev–Trinajstić information content (AvgIpc) is 2.49. The Morgan fingerprint density at radius 3 is 2.50 bits per heavy atom. The van der Waals surface area contributed by atoms with E-state index in [2.05, 4.69) is 10.0 Å². The van der Waals surface area contributed by atoms with E-state index >= 15 is 0 Å². The van der Waals surface area contributed by atoms with Crippen LogP contribution in [-0.4, -0.2) is 20.1 Å². The maximum Gasteiger partial charge on any atom is 0.255 e. The molecule has 2 aromatic rings. The standard InChI is InChI=1S/C16H18N2O3S/c1-3-22(20,21)18-14-9-6-8-13(11-14)16(19)17-15-10-5-4-7-12(15)2/h4-11,18H,3H2,1-2H3,(H,17,19). The van der Waals surface area contributed by atoms with Crippen LogP contribution in [0, 0.1) is 6.92 Å². The lowest BCUT2D eigenvalue weighted by molar-refractivity contribution is 0.102. The summed E-state index contributed by atoms with van der Waals surface area (Å²) in [7, 11) is -3.36. The largest absolute Gasteiger partial charge is 0.322 e. The Morgan fingerprint density at radius 2 is 1.82 bits per heavy atom. The normalized spacial score (nSPS) is 11.0. The second-order valence-corrected chi connectivity index (χ2v) is 6.87. The molecule has 0 aromatic heterocycles. The zero-order valence-electron chi connectivity index (χ0n) is 12.5. The number of hydrogen-bond acceptors (Lipinski definition) is 3. The molecule has 0 unspecified atom stereocenters. The SMILES string of the molecule is CCS(=O)(=O)Nc1cccc(C(=O)Nc2ccccc2C)c1. The second-order valence-electron chi connectivity index (χ2n) is 4.86.